The zero-order valence-electron chi connectivity index (χ0n) is 18.8. The number of methoxy groups -OCH3 is 2. The molecule has 1 aromatic carbocycles. The van der Waals surface area contributed by atoms with Crippen molar-refractivity contribution < 1.29 is 23.8 Å². The Hall–Kier alpha value is -2.74. The first-order valence-corrected chi connectivity index (χ1v) is 12.0. The number of amides is 2. The summed E-state index contributed by atoms with van der Waals surface area (Å²) in [5.74, 6) is 1.45. The number of nitrogens with zero attached hydrogens (tertiary/aromatic N) is 2. The molecule has 2 aliphatic rings. The van der Waals surface area contributed by atoms with Crippen LogP contribution in [0.15, 0.2) is 29.6 Å². The van der Waals surface area contributed by atoms with Gasteiger partial charge in [0.05, 0.1) is 26.9 Å². The molecule has 1 fully saturated rings. The molecule has 2 amide bonds. The Morgan fingerprint density at radius 3 is 2.44 bits per heavy atom. The molecule has 2 aromatic rings. The SMILES string of the molecule is CCOC(=O)N1CCC(C(=O)N2CCc3cc(OC)c(OC)cc3C2c2cccs2)CC1. The number of hydrogen-bond donors (Lipinski definition) is 0. The second-order valence-corrected chi connectivity index (χ2v) is 9.05. The number of thiophene rings is 1. The third kappa shape index (κ3) is 4.28. The highest BCUT2D eigenvalue weighted by Crippen LogP contribution is 2.43. The zero-order chi connectivity index (χ0) is 22.7. The minimum Gasteiger partial charge on any atom is -0.493 e. The van der Waals surface area contributed by atoms with Crippen LogP contribution in [0.3, 0.4) is 0 Å². The summed E-state index contributed by atoms with van der Waals surface area (Å²) in [5, 5.41) is 2.05. The van der Waals surface area contributed by atoms with E-state index in [0.29, 0.717) is 50.6 Å². The van der Waals surface area contributed by atoms with Gasteiger partial charge in [0.2, 0.25) is 5.91 Å². The Kier molecular flexibility index (Phi) is 6.89. The van der Waals surface area contributed by atoms with Crippen LogP contribution in [-0.2, 0) is 16.0 Å². The van der Waals surface area contributed by atoms with Gasteiger partial charge in [-0.15, -0.1) is 11.3 Å². The first-order chi connectivity index (χ1) is 15.6. The number of carbonyl (C=O) groups is 2. The van der Waals surface area contributed by atoms with E-state index in [4.69, 9.17) is 14.2 Å². The van der Waals surface area contributed by atoms with E-state index in [0.717, 1.165) is 16.9 Å². The number of fused-ring (bicyclic) bond motifs is 1. The summed E-state index contributed by atoms with van der Waals surface area (Å²) in [6.45, 7) is 3.92. The summed E-state index contributed by atoms with van der Waals surface area (Å²) in [6, 6.07) is 8.02. The molecule has 8 heteroatoms. The smallest absolute Gasteiger partial charge is 0.409 e. The monoisotopic (exact) mass is 458 g/mol. The average Bonchev–Trinajstić information content (AvgIpc) is 3.36. The molecule has 0 N–H and O–H groups in total. The fourth-order valence-corrected chi connectivity index (χ4v) is 5.55. The number of piperidine rings is 1. The standard InChI is InChI=1S/C24H30N2O5S/c1-4-31-24(28)25-10-7-16(8-11-25)23(27)26-12-9-17-14-19(29-2)20(30-3)15-18(17)22(26)21-6-5-13-32-21/h5-6,13-16,22H,4,7-12H2,1-3H3. The predicted molar refractivity (Wildman–Crippen MR) is 122 cm³/mol. The van der Waals surface area contributed by atoms with Gasteiger partial charge in [0.1, 0.15) is 0 Å². The molecule has 32 heavy (non-hydrogen) atoms. The van der Waals surface area contributed by atoms with Gasteiger partial charge < -0.3 is 24.0 Å². The molecule has 1 atom stereocenters. The molecule has 1 unspecified atom stereocenters. The van der Waals surface area contributed by atoms with Crippen LogP contribution < -0.4 is 9.47 Å². The number of rotatable bonds is 5. The fraction of sp³-hybridized carbons (Fsp3) is 0.500. The predicted octanol–water partition coefficient (Wildman–Crippen LogP) is 4.11. The Morgan fingerprint density at radius 2 is 1.81 bits per heavy atom. The maximum absolute atomic E-state index is 13.7. The molecule has 172 valence electrons. The summed E-state index contributed by atoms with van der Waals surface area (Å²) < 4.78 is 16.2. The van der Waals surface area contributed by atoms with Gasteiger partial charge in [-0.25, -0.2) is 4.79 Å². The number of likely N-dealkylation sites (tertiary alicyclic amines) is 1. The van der Waals surface area contributed by atoms with E-state index in [-0.39, 0.29) is 24.0 Å². The van der Waals surface area contributed by atoms with Crippen LogP contribution in [0.4, 0.5) is 4.79 Å². The zero-order valence-corrected chi connectivity index (χ0v) is 19.7. The van der Waals surface area contributed by atoms with Crippen molar-refractivity contribution in [3.8, 4) is 11.5 Å². The van der Waals surface area contributed by atoms with E-state index in [1.165, 1.54) is 5.56 Å². The van der Waals surface area contributed by atoms with Crippen molar-refractivity contribution in [1.29, 1.82) is 0 Å². The minimum atomic E-state index is -0.289. The summed E-state index contributed by atoms with van der Waals surface area (Å²) in [6.07, 6.45) is 1.79. The van der Waals surface area contributed by atoms with Gasteiger partial charge in [-0.1, -0.05) is 6.07 Å². The van der Waals surface area contributed by atoms with E-state index in [1.54, 1.807) is 37.4 Å². The molecule has 0 saturated carbocycles. The Balaban J connectivity index is 1.59. The van der Waals surface area contributed by atoms with E-state index >= 15 is 0 Å². The van der Waals surface area contributed by atoms with Crippen LogP contribution in [0.25, 0.3) is 0 Å². The topological polar surface area (TPSA) is 68.3 Å². The van der Waals surface area contributed by atoms with Crippen molar-refractivity contribution in [2.75, 3.05) is 40.5 Å². The largest absolute Gasteiger partial charge is 0.493 e. The van der Waals surface area contributed by atoms with Gasteiger partial charge in [-0.3, -0.25) is 4.79 Å². The van der Waals surface area contributed by atoms with E-state index < -0.39 is 0 Å². The number of benzene rings is 1. The van der Waals surface area contributed by atoms with E-state index in [1.807, 2.05) is 28.5 Å². The molecular formula is C24H30N2O5S. The van der Waals surface area contributed by atoms with Crippen molar-refractivity contribution >= 4 is 23.3 Å². The molecule has 0 spiro atoms. The van der Waals surface area contributed by atoms with Crippen molar-refractivity contribution in [2.45, 2.75) is 32.2 Å². The lowest BCUT2D eigenvalue weighted by molar-refractivity contribution is -0.139. The van der Waals surface area contributed by atoms with Crippen LogP contribution in [0.1, 0.15) is 41.8 Å². The van der Waals surface area contributed by atoms with E-state index in [2.05, 4.69) is 6.07 Å². The summed E-state index contributed by atoms with van der Waals surface area (Å²) >= 11 is 1.66. The molecule has 7 nitrogen and oxygen atoms in total. The highest BCUT2D eigenvalue weighted by molar-refractivity contribution is 7.10. The fourth-order valence-electron chi connectivity index (χ4n) is 4.70. The van der Waals surface area contributed by atoms with Crippen molar-refractivity contribution in [1.82, 2.24) is 9.80 Å². The second kappa shape index (κ2) is 9.81. The van der Waals surface area contributed by atoms with Crippen LogP contribution in [-0.4, -0.2) is 62.3 Å². The van der Waals surface area contributed by atoms with Gasteiger partial charge in [0.25, 0.3) is 0 Å². The quantitative estimate of drug-likeness (QED) is 0.675. The summed E-state index contributed by atoms with van der Waals surface area (Å²) in [4.78, 5) is 30.6. The Labute approximate surface area is 192 Å². The molecule has 3 heterocycles. The first-order valence-electron chi connectivity index (χ1n) is 11.1. The lowest BCUT2D eigenvalue weighted by atomic mass is 9.88. The van der Waals surface area contributed by atoms with Crippen LogP contribution in [0, 0.1) is 5.92 Å². The molecule has 1 aromatic heterocycles. The Morgan fingerprint density at radius 1 is 1.09 bits per heavy atom. The normalized spacial score (nSPS) is 18.8. The third-order valence-electron chi connectivity index (χ3n) is 6.34. The molecule has 0 aliphatic carbocycles. The second-order valence-electron chi connectivity index (χ2n) is 8.07. The maximum atomic E-state index is 13.7. The van der Waals surface area contributed by atoms with Crippen molar-refractivity contribution in [3.05, 3.63) is 45.6 Å². The lowest BCUT2D eigenvalue weighted by Crippen LogP contribution is -2.47. The lowest BCUT2D eigenvalue weighted by Gasteiger charge is -2.40. The molecular weight excluding hydrogens is 428 g/mol. The van der Waals surface area contributed by atoms with Gasteiger partial charge in [-0.2, -0.15) is 0 Å². The Bertz CT molecular complexity index is 954. The third-order valence-corrected chi connectivity index (χ3v) is 7.26. The number of carbonyl (C=O) groups excluding carboxylic acids is 2. The van der Waals surface area contributed by atoms with Crippen LogP contribution >= 0.6 is 11.3 Å². The van der Waals surface area contributed by atoms with Crippen LogP contribution in [0.5, 0.6) is 11.5 Å². The molecule has 1 saturated heterocycles. The maximum Gasteiger partial charge on any atom is 0.409 e. The van der Waals surface area contributed by atoms with Gasteiger partial charge in [-0.05, 0) is 60.9 Å². The molecule has 0 radical (unpaired) electrons. The molecule has 4 rings (SSSR count). The van der Waals surface area contributed by atoms with Gasteiger partial charge >= 0.3 is 6.09 Å². The summed E-state index contributed by atoms with van der Waals surface area (Å²) in [5.41, 5.74) is 2.27. The number of hydrogen-bond acceptors (Lipinski definition) is 6. The van der Waals surface area contributed by atoms with Crippen molar-refractivity contribution in [3.63, 3.8) is 0 Å². The molecule has 2 aliphatic heterocycles. The molecule has 0 bridgehead atoms. The summed E-state index contributed by atoms with van der Waals surface area (Å²) in [7, 11) is 3.27. The first kappa shape index (κ1) is 22.5. The van der Waals surface area contributed by atoms with Crippen LogP contribution in [0.2, 0.25) is 0 Å². The average molecular weight is 459 g/mol. The van der Waals surface area contributed by atoms with Gasteiger partial charge in [0.15, 0.2) is 11.5 Å². The highest BCUT2D eigenvalue weighted by atomic mass is 32.1. The van der Waals surface area contributed by atoms with Gasteiger partial charge in [0, 0.05) is 30.4 Å². The minimum absolute atomic E-state index is 0.0927. The van der Waals surface area contributed by atoms with E-state index in [9.17, 15) is 9.59 Å². The highest BCUT2D eigenvalue weighted by Gasteiger charge is 2.38. The van der Waals surface area contributed by atoms with Crippen molar-refractivity contribution in [2.24, 2.45) is 5.92 Å². The number of ether oxygens (including phenoxy) is 3.